The zero-order valence-electron chi connectivity index (χ0n) is 5.36. The summed E-state index contributed by atoms with van der Waals surface area (Å²) in [7, 11) is 0. The summed E-state index contributed by atoms with van der Waals surface area (Å²) in [5.74, 6) is 0.625. The first-order valence-electron chi connectivity index (χ1n) is 2.65. The van der Waals surface area contributed by atoms with Crippen LogP contribution in [0, 0.1) is 0 Å². The second-order valence-corrected chi connectivity index (χ2v) is 2.02. The van der Waals surface area contributed by atoms with Crippen molar-refractivity contribution >= 4 is 6.02 Å². The highest BCUT2D eigenvalue weighted by molar-refractivity contribution is 5.71. The molecule has 0 aromatic heterocycles. The summed E-state index contributed by atoms with van der Waals surface area (Å²) in [6, 6.07) is -0.328. The van der Waals surface area contributed by atoms with Gasteiger partial charge in [-0.1, -0.05) is 0 Å². The van der Waals surface area contributed by atoms with Crippen LogP contribution in [-0.4, -0.2) is 6.02 Å². The Balaban J connectivity index is 2.80. The molecule has 1 aliphatic rings. The van der Waals surface area contributed by atoms with Crippen LogP contribution < -0.4 is 16.0 Å². The smallest absolute Gasteiger partial charge is 0.144 e. The van der Waals surface area contributed by atoms with Crippen LogP contribution in [0.5, 0.6) is 0 Å². The zero-order valence-corrected chi connectivity index (χ0v) is 5.36. The van der Waals surface area contributed by atoms with Crippen LogP contribution in [0.15, 0.2) is 16.4 Å². The van der Waals surface area contributed by atoms with E-state index >= 15 is 0 Å². The van der Waals surface area contributed by atoms with E-state index in [1.807, 2.05) is 13.8 Å². The molecule has 2 N–H and O–H groups in total. The molecule has 50 valence electrons. The molecule has 0 bridgehead atoms. The van der Waals surface area contributed by atoms with E-state index in [1.165, 1.54) is 0 Å². The number of rotatable bonds is 0. The van der Waals surface area contributed by atoms with Crippen LogP contribution in [0.25, 0.3) is 0 Å². The zero-order chi connectivity index (χ0) is 6.85. The van der Waals surface area contributed by atoms with Gasteiger partial charge in [0.05, 0.1) is 6.02 Å². The third kappa shape index (κ3) is 1.13. The summed E-state index contributed by atoms with van der Waals surface area (Å²) in [5, 5.41) is 10.4. The number of aliphatic imine (C=N–C) groups is 1. The minimum Gasteiger partial charge on any atom is -0.845 e. The van der Waals surface area contributed by atoms with Crippen LogP contribution in [0.2, 0.25) is 0 Å². The maximum atomic E-state index is 10.4. The second-order valence-electron chi connectivity index (χ2n) is 2.02. The van der Waals surface area contributed by atoms with Crippen molar-refractivity contribution in [2.24, 2.45) is 4.99 Å². The number of nitrogens with one attached hydrogen (secondary N) is 2. The first kappa shape index (κ1) is 5.94. The third-order valence-corrected chi connectivity index (χ3v) is 0.975. The van der Waals surface area contributed by atoms with E-state index in [1.54, 1.807) is 0 Å². The van der Waals surface area contributed by atoms with E-state index in [9.17, 15) is 5.11 Å². The summed E-state index contributed by atoms with van der Waals surface area (Å²) in [6.45, 7) is 3.76. The number of allylic oxidation sites excluding steroid dienone is 1. The lowest BCUT2D eigenvalue weighted by Crippen LogP contribution is -2.37. The van der Waals surface area contributed by atoms with E-state index in [2.05, 4.69) is 15.8 Å². The van der Waals surface area contributed by atoms with Gasteiger partial charge in [0.25, 0.3) is 0 Å². The van der Waals surface area contributed by atoms with Crippen molar-refractivity contribution in [3.05, 3.63) is 11.4 Å². The average molecular weight is 126 g/mol. The van der Waals surface area contributed by atoms with Crippen molar-refractivity contribution in [2.75, 3.05) is 0 Å². The molecule has 0 atom stereocenters. The number of nitrogens with zero attached hydrogens (tertiary/aromatic N) is 1. The number of hydrogen-bond acceptors (Lipinski definition) is 4. The molecule has 0 saturated heterocycles. The Morgan fingerprint density at radius 2 is 2.11 bits per heavy atom. The van der Waals surface area contributed by atoms with Gasteiger partial charge in [0, 0.05) is 0 Å². The summed E-state index contributed by atoms with van der Waals surface area (Å²) in [6.07, 6.45) is 0. The molecular weight excluding hydrogens is 118 g/mol. The SMILES string of the molecule is CC(C)=C1N=C([O-])NN1. The fourth-order valence-electron chi connectivity index (χ4n) is 0.507. The summed E-state index contributed by atoms with van der Waals surface area (Å²) in [5.41, 5.74) is 5.95. The van der Waals surface area contributed by atoms with Crippen LogP contribution in [0.3, 0.4) is 0 Å². The lowest BCUT2D eigenvalue weighted by molar-refractivity contribution is -0.220. The van der Waals surface area contributed by atoms with E-state index in [0.717, 1.165) is 5.57 Å². The molecule has 1 rings (SSSR count). The topological polar surface area (TPSA) is 59.5 Å². The van der Waals surface area contributed by atoms with Gasteiger partial charge in [-0.05, 0) is 19.4 Å². The third-order valence-electron chi connectivity index (χ3n) is 0.975. The van der Waals surface area contributed by atoms with Gasteiger partial charge < -0.3 is 5.11 Å². The first-order valence-corrected chi connectivity index (χ1v) is 2.65. The summed E-state index contributed by atoms with van der Waals surface area (Å²) >= 11 is 0. The van der Waals surface area contributed by atoms with E-state index < -0.39 is 0 Å². The van der Waals surface area contributed by atoms with Gasteiger partial charge in [-0.25, -0.2) is 4.99 Å². The van der Waals surface area contributed by atoms with Crippen molar-refractivity contribution in [1.29, 1.82) is 0 Å². The normalized spacial score (nSPS) is 16.2. The van der Waals surface area contributed by atoms with Crippen LogP contribution in [-0.2, 0) is 0 Å². The van der Waals surface area contributed by atoms with Gasteiger partial charge in [0.1, 0.15) is 5.82 Å². The fraction of sp³-hybridized carbons (Fsp3) is 0.400. The van der Waals surface area contributed by atoms with Crippen molar-refractivity contribution < 1.29 is 5.11 Å². The Hall–Kier alpha value is -1.19. The van der Waals surface area contributed by atoms with Crippen LogP contribution in [0.4, 0.5) is 0 Å². The molecule has 1 heterocycles. The molecule has 0 spiro atoms. The lowest BCUT2D eigenvalue weighted by Gasteiger charge is -2.01. The molecule has 0 aliphatic carbocycles. The molecule has 0 fully saturated rings. The molecule has 0 amide bonds. The van der Waals surface area contributed by atoms with Crippen molar-refractivity contribution in [1.82, 2.24) is 10.9 Å². The first-order chi connectivity index (χ1) is 4.20. The predicted octanol–water partition coefficient (Wildman–Crippen LogP) is -0.938. The Morgan fingerprint density at radius 1 is 1.44 bits per heavy atom. The highest BCUT2D eigenvalue weighted by atomic mass is 16.3. The average Bonchev–Trinajstić information content (AvgIpc) is 2.14. The molecular formula is C5H8N3O-. The molecule has 0 radical (unpaired) electrons. The van der Waals surface area contributed by atoms with Gasteiger partial charge in [0.2, 0.25) is 0 Å². The molecule has 4 heteroatoms. The van der Waals surface area contributed by atoms with Gasteiger partial charge in [-0.3, -0.25) is 10.9 Å². The molecule has 0 saturated carbocycles. The highest BCUT2D eigenvalue weighted by Crippen LogP contribution is 2.01. The molecule has 0 aromatic carbocycles. The quantitative estimate of drug-likeness (QED) is 0.440. The molecule has 9 heavy (non-hydrogen) atoms. The number of hydrazine groups is 1. The van der Waals surface area contributed by atoms with Gasteiger partial charge in [0.15, 0.2) is 0 Å². The number of amidine groups is 1. The van der Waals surface area contributed by atoms with Crippen molar-refractivity contribution in [3.63, 3.8) is 0 Å². The lowest BCUT2D eigenvalue weighted by atomic mass is 10.3. The summed E-state index contributed by atoms with van der Waals surface area (Å²) in [4.78, 5) is 3.61. The minimum absolute atomic E-state index is 0.328. The maximum Gasteiger partial charge on any atom is 0.144 e. The largest absolute Gasteiger partial charge is 0.845 e. The standard InChI is InChI=1S/C5H9N3O/c1-3(2)4-6-5(9)8-7-4/h7H,1-2H3,(H2,6,8,9)/p-1. The summed E-state index contributed by atoms with van der Waals surface area (Å²) < 4.78 is 0. The maximum absolute atomic E-state index is 10.4. The predicted molar refractivity (Wildman–Crippen MR) is 32.1 cm³/mol. The van der Waals surface area contributed by atoms with Crippen molar-refractivity contribution in [3.8, 4) is 0 Å². The monoisotopic (exact) mass is 126 g/mol. The van der Waals surface area contributed by atoms with E-state index in [4.69, 9.17) is 0 Å². The molecule has 0 unspecified atom stereocenters. The van der Waals surface area contributed by atoms with E-state index in [-0.39, 0.29) is 6.02 Å². The van der Waals surface area contributed by atoms with Gasteiger partial charge in [-0.15, -0.1) is 0 Å². The van der Waals surface area contributed by atoms with Crippen molar-refractivity contribution in [2.45, 2.75) is 13.8 Å². The minimum atomic E-state index is -0.328. The Labute approximate surface area is 53.3 Å². The van der Waals surface area contributed by atoms with Gasteiger partial charge >= 0.3 is 0 Å². The van der Waals surface area contributed by atoms with Gasteiger partial charge in [-0.2, -0.15) is 0 Å². The Kier molecular flexibility index (Phi) is 1.30. The number of hydrogen-bond donors (Lipinski definition) is 2. The molecule has 1 aliphatic heterocycles. The Morgan fingerprint density at radius 3 is 2.33 bits per heavy atom. The van der Waals surface area contributed by atoms with Crippen LogP contribution >= 0.6 is 0 Å². The fourth-order valence-corrected chi connectivity index (χ4v) is 0.507. The molecule has 4 nitrogen and oxygen atoms in total. The van der Waals surface area contributed by atoms with Crippen LogP contribution in [0.1, 0.15) is 13.8 Å². The second kappa shape index (κ2) is 1.97. The Bertz CT molecular complexity index is 179. The van der Waals surface area contributed by atoms with E-state index in [0.29, 0.717) is 5.82 Å². The molecule has 0 aromatic rings. The highest BCUT2D eigenvalue weighted by Gasteiger charge is 2.00.